The minimum Gasteiger partial charge on any atom is -0.302 e. The monoisotopic (exact) mass is 242 g/mol. The van der Waals surface area contributed by atoms with Crippen LogP contribution in [0.2, 0.25) is 0 Å². The summed E-state index contributed by atoms with van der Waals surface area (Å²) in [7, 11) is -2.77. The number of amidine groups is 1. The van der Waals surface area contributed by atoms with Gasteiger partial charge in [0.2, 0.25) is 5.17 Å². The molecule has 2 heterocycles. The van der Waals surface area contributed by atoms with Crippen LogP contribution in [0, 0.1) is 4.78 Å². The number of hydrogen-bond donors (Lipinski definition) is 2. The van der Waals surface area contributed by atoms with Crippen LogP contribution < -0.4 is 4.72 Å². The lowest BCUT2D eigenvalue weighted by atomic mass is 10.4. The molecule has 0 spiro atoms. The summed E-state index contributed by atoms with van der Waals surface area (Å²) in [6, 6.07) is 1.74. The summed E-state index contributed by atoms with van der Waals surface area (Å²) < 4.78 is 22.2. The second-order valence-corrected chi connectivity index (χ2v) is 6.09. The molecule has 2 rings (SSSR count). The highest BCUT2D eigenvalue weighted by Crippen LogP contribution is 2.30. The molecule has 0 amide bonds. The second kappa shape index (κ2) is 3.82. The van der Waals surface area contributed by atoms with Crippen molar-refractivity contribution in [1.82, 2.24) is 9.71 Å². The zero-order chi connectivity index (χ0) is 10.9. The van der Waals surface area contributed by atoms with Crippen molar-refractivity contribution in [2.75, 3.05) is 5.75 Å². The van der Waals surface area contributed by atoms with Crippen LogP contribution in [0.5, 0.6) is 0 Å². The Balaban J connectivity index is 2.46. The summed E-state index contributed by atoms with van der Waals surface area (Å²) in [6.07, 6.45) is 3.31. The highest BCUT2D eigenvalue weighted by Gasteiger charge is 2.19. The molecule has 2 N–H and O–H groups in total. The predicted octanol–water partition coefficient (Wildman–Crippen LogP) is 1.75. The van der Waals surface area contributed by atoms with Gasteiger partial charge in [-0.1, -0.05) is 6.92 Å². The van der Waals surface area contributed by atoms with Crippen LogP contribution in [0.1, 0.15) is 6.92 Å². The van der Waals surface area contributed by atoms with Crippen molar-refractivity contribution in [2.24, 2.45) is 4.99 Å². The average Bonchev–Trinajstić information content (AvgIpc) is 2.28. The Morgan fingerprint density at radius 1 is 1.67 bits per heavy atom. The Labute approximate surface area is 92.5 Å². The van der Waals surface area contributed by atoms with Gasteiger partial charge in [0.15, 0.2) is 0 Å². The van der Waals surface area contributed by atoms with E-state index in [9.17, 15) is 4.21 Å². The predicted molar refractivity (Wildman–Crippen MR) is 61.7 cm³/mol. The summed E-state index contributed by atoms with van der Waals surface area (Å²) in [6.45, 7) is 1.71. The first-order valence-electron chi connectivity index (χ1n) is 4.35. The number of rotatable bonds is 1. The highest BCUT2D eigenvalue weighted by molar-refractivity contribution is 8.09. The fourth-order valence-electron chi connectivity index (χ4n) is 1.05. The Morgan fingerprint density at radius 2 is 2.47 bits per heavy atom. The van der Waals surface area contributed by atoms with Gasteiger partial charge in [0, 0.05) is 18.1 Å². The van der Waals surface area contributed by atoms with Crippen LogP contribution in [0.4, 0.5) is 5.69 Å². The normalized spacial score (nSPS) is 18.3. The Hall–Kier alpha value is -1.08. The molecule has 0 fully saturated rings. The first-order valence-corrected chi connectivity index (χ1v) is 6.90. The molecule has 1 aromatic rings. The molecule has 1 unspecified atom stereocenters. The van der Waals surface area contributed by atoms with Gasteiger partial charge >= 0.3 is 0 Å². The van der Waals surface area contributed by atoms with E-state index in [2.05, 4.69) is 14.7 Å². The lowest BCUT2D eigenvalue weighted by Crippen LogP contribution is -2.28. The molecule has 15 heavy (non-hydrogen) atoms. The van der Waals surface area contributed by atoms with Crippen molar-refractivity contribution in [2.45, 2.75) is 11.8 Å². The molecule has 0 aliphatic carbocycles. The first kappa shape index (κ1) is 10.4. The zero-order valence-corrected chi connectivity index (χ0v) is 9.69. The van der Waals surface area contributed by atoms with E-state index in [1.54, 1.807) is 25.4 Å². The number of hydrogen-bond acceptors (Lipinski definition) is 6. The van der Waals surface area contributed by atoms with E-state index in [4.69, 9.17) is 4.78 Å². The summed E-state index contributed by atoms with van der Waals surface area (Å²) >= 11 is 1.30. The molecule has 80 valence electrons. The summed E-state index contributed by atoms with van der Waals surface area (Å²) in [5, 5.41) is 0.244. The molecule has 1 aromatic heterocycles. The Morgan fingerprint density at radius 3 is 3.20 bits per heavy atom. The summed E-state index contributed by atoms with van der Waals surface area (Å²) in [5.41, 5.74) is 0.720. The van der Waals surface area contributed by atoms with E-state index in [1.807, 2.05) is 0 Å². The van der Waals surface area contributed by atoms with Crippen LogP contribution in [0.25, 0.3) is 0 Å². The van der Waals surface area contributed by atoms with E-state index >= 15 is 0 Å². The largest absolute Gasteiger partial charge is 0.302 e. The van der Waals surface area contributed by atoms with Crippen LogP contribution >= 0.6 is 11.9 Å². The maximum atomic E-state index is 11.8. The molecule has 5 nitrogen and oxygen atoms in total. The van der Waals surface area contributed by atoms with Crippen LogP contribution in [-0.4, -0.2) is 20.1 Å². The minimum atomic E-state index is -2.77. The Kier molecular flexibility index (Phi) is 2.66. The fraction of sp³-hybridized carbons (Fsp3) is 0.250. The van der Waals surface area contributed by atoms with Crippen LogP contribution in [-0.2, 0) is 9.73 Å². The van der Waals surface area contributed by atoms with E-state index in [-0.39, 0.29) is 10.9 Å². The van der Waals surface area contributed by atoms with Crippen molar-refractivity contribution in [1.29, 1.82) is 4.78 Å². The van der Waals surface area contributed by atoms with Gasteiger partial charge in [-0.25, -0.2) is 14.0 Å². The first-order chi connectivity index (χ1) is 7.13. The Bertz CT molecular complexity index is 509. The van der Waals surface area contributed by atoms with Crippen molar-refractivity contribution >= 4 is 32.5 Å². The molecule has 0 bridgehead atoms. The number of nitrogens with one attached hydrogen (secondary N) is 2. The maximum Gasteiger partial charge on any atom is 0.211 e. The third-order valence-electron chi connectivity index (χ3n) is 1.95. The van der Waals surface area contributed by atoms with Gasteiger partial charge in [-0.2, -0.15) is 0 Å². The molecule has 0 saturated heterocycles. The minimum absolute atomic E-state index is 0.244. The second-order valence-electron chi connectivity index (χ2n) is 2.93. The van der Waals surface area contributed by atoms with Gasteiger partial charge < -0.3 is 4.72 Å². The third-order valence-corrected chi connectivity index (χ3v) is 4.54. The maximum absolute atomic E-state index is 11.8. The number of aromatic nitrogens is 1. The van der Waals surface area contributed by atoms with Crippen molar-refractivity contribution < 1.29 is 4.21 Å². The van der Waals surface area contributed by atoms with Gasteiger partial charge in [0.05, 0.1) is 10.6 Å². The molecule has 1 aliphatic heterocycles. The SMILES string of the molecule is CCS(=N)(=O)C1=Nc2ccncc2SN1. The van der Waals surface area contributed by atoms with Gasteiger partial charge in [-0.15, -0.1) is 0 Å². The average molecular weight is 242 g/mol. The smallest absolute Gasteiger partial charge is 0.211 e. The van der Waals surface area contributed by atoms with Gasteiger partial charge in [0.1, 0.15) is 9.73 Å². The van der Waals surface area contributed by atoms with Crippen LogP contribution in [0.3, 0.4) is 0 Å². The number of fused-ring (bicyclic) bond motifs is 1. The lowest BCUT2D eigenvalue weighted by molar-refractivity contribution is 0.682. The molecular weight excluding hydrogens is 232 g/mol. The molecule has 1 aliphatic rings. The highest BCUT2D eigenvalue weighted by atomic mass is 32.2. The van der Waals surface area contributed by atoms with Crippen LogP contribution in [0.15, 0.2) is 28.3 Å². The fourth-order valence-corrected chi connectivity index (χ4v) is 2.81. The van der Waals surface area contributed by atoms with Gasteiger partial charge in [0.25, 0.3) is 0 Å². The summed E-state index contributed by atoms with van der Waals surface area (Å²) in [4.78, 5) is 9.01. The van der Waals surface area contributed by atoms with E-state index < -0.39 is 9.73 Å². The van der Waals surface area contributed by atoms with Crippen molar-refractivity contribution in [3.63, 3.8) is 0 Å². The third kappa shape index (κ3) is 1.98. The van der Waals surface area contributed by atoms with E-state index in [0.29, 0.717) is 0 Å². The van der Waals surface area contributed by atoms with Crippen molar-refractivity contribution in [3.05, 3.63) is 18.5 Å². The van der Waals surface area contributed by atoms with Gasteiger partial charge in [-0.05, 0) is 18.0 Å². The van der Waals surface area contributed by atoms with Gasteiger partial charge in [-0.3, -0.25) is 4.98 Å². The number of nitrogens with zero attached hydrogens (tertiary/aromatic N) is 2. The van der Waals surface area contributed by atoms with Crippen molar-refractivity contribution in [3.8, 4) is 0 Å². The molecule has 0 radical (unpaired) electrons. The lowest BCUT2D eigenvalue weighted by Gasteiger charge is -2.16. The quantitative estimate of drug-likeness (QED) is 0.735. The molecule has 1 atom stereocenters. The zero-order valence-electron chi connectivity index (χ0n) is 8.06. The standard InChI is InChI=1S/C8H10N4OS2/c1-2-15(9,13)8-11-6-3-4-10-5-7(6)14-12-8/h3-5,9H,2H2,1H3,(H,11,12). The van der Waals surface area contributed by atoms with E-state index in [0.717, 1.165) is 10.6 Å². The molecular formula is C8H10N4OS2. The molecule has 0 saturated carbocycles. The summed E-state index contributed by atoms with van der Waals surface area (Å²) in [5.74, 6) is 0.264. The molecule has 0 aromatic carbocycles. The molecule has 7 heteroatoms. The topological polar surface area (TPSA) is 78.2 Å². The number of aliphatic imine (C=N–C) groups is 1. The van der Waals surface area contributed by atoms with E-state index in [1.165, 1.54) is 11.9 Å². The number of pyridine rings is 1.